The minimum atomic E-state index is -1.34. The van der Waals surface area contributed by atoms with Gasteiger partial charge in [-0.1, -0.05) is 42.5 Å². The first-order valence-electron chi connectivity index (χ1n) is 13.5. The number of hydrogen-bond donors (Lipinski definition) is 2. The van der Waals surface area contributed by atoms with E-state index in [0.717, 1.165) is 53.2 Å². The molecule has 3 aromatic carbocycles. The molecule has 0 radical (unpaired) electrons. The summed E-state index contributed by atoms with van der Waals surface area (Å²) < 4.78 is 29.0. The van der Waals surface area contributed by atoms with Crippen LogP contribution >= 0.6 is 0 Å². The van der Waals surface area contributed by atoms with Crippen LogP contribution in [0, 0.1) is 11.6 Å². The van der Waals surface area contributed by atoms with Crippen molar-refractivity contribution in [3.8, 4) is 0 Å². The largest absolute Gasteiger partial charge is 0.349 e. The van der Waals surface area contributed by atoms with Crippen molar-refractivity contribution in [2.75, 3.05) is 18.0 Å². The second-order valence-electron chi connectivity index (χ2n) is 11.2. The van der Waals surface area contributed by atoms with Crippen LogP contribution in [0.15, 0.2) is 85.2 Å². The molecule has 0 fully saturated rings. The lowest BCUT2D eigenvalue weighted by atomic mass is 9.98. The maximum Gasteiger partial charge on any atom is 0.248 e. The van der Waals surface area contributed by atoms with E-state index in [1.165, 1.54) is 4.90 Å². The van der Waals surface area contributed by atoms with Crippen LogP contribution in [0.2, 0.25) is 0 Å². The van der Waals surface area contributed by atoms with Crippen molar-refractivity contribution in [2.45, 2.75) is 38.8 Å². The summed E-state index contributed by atoms with van der Waals surface area (Å²) in [5, 5.41) is 7.91. The fourth-order valence-corrected chi connectivity index (χ4v) is 5.12. The number of nitrogens with one attached hydrogen (secondary N) is 2. The number of benzene rings is 3. The van der Waals surface area contributed by atoms with Crippen LogP contribution in [-0.4, -0.2) is 35.4 Å². The lowest BCUT2D eigenvalue weighted by Gasteiger charge is -2.34. The highest BCUT2D eigenvalue weighted by atomic mass is 19.1. The Hall–Kier alpha value is -4.43. The van der Waals surface area contributed by atoms with Crippen molar-refractivity contribution in [1.29, 1.82) is 0 Å². The van der Waals surface area contributed by atoms with Gasteiger partial charge in [-0.05, 0) is 72.7 Å². The molecule has 1 unspecified atom stereocenters. The fraction of sp³-hybridized carbons (Fsp3) is 0.242. The quantitative estimate of drug-likeness (QED) is 0.306. The summed E-state index contributed by atoms with van der Waals surface area (Å²) >= 11 is 0. The molecule has 6 nitrogen and oxygen atoms in total. The first-order valence-corrected chi connectivity index (χ1v) is 13.5. The molecule has 8 heteroatoms. The molecule has 0 saturated heterocycles. The Bertz CT molecular complexity index is 1600. The summed E-state index contributed by atoms with van der Waals surface area (Å²) in [5.74, 6) is -2.65. The van der Waals surface area contributed by atoms with E-state index >= 15 is 0 Å². The molecule has 5 rings (SSSR count). The smallest absolute Gasteiger partial charge is 0.248 e. The van der Waals surface area contributed by atoms with Gasteiger partial charge in [0.1, 0.15) is 17.7 Å². The Kier molecular flexibility index (Phi) is 7.94. The van der Waals surface area contributed by atoms with Crippen molar-refractivity contribution in [3.63, 3.8) is 0 Å². The second-order valence-corrected chi connectivity index (χ2v) is 11.2. The monoisotopic (exact) mass is 554 g/mol. The number of carbonyl (C=O) groups is 2. The van der Waals surface area contributed by atoms with Gasteiger partial charge in [-0.2, -0.15) is 0 Å². The number of rotatable bonds is 7. The van der Waals surface area contributed by atoms with Gasteiger partial charge in [0, 0.05) is 48.2 Å². The number of amides is 2. The zero-order valence-corrected chi connectivity index (χ0v) is 23.2. The fourth-order valence-electron chi connectivity index (χ4n) is 5.12. The normalized spacial score (nSPS) is 14.0. The Balaban J connectivity index is 1.63. The van der Waals surface area contributed by atoms with Crippen LogP contribution in [0.1, 0.15) is 43.5 Å². The van der Waals surface area contributed by atoms with E-state index in [2.05, 4.69) is 21.7 Å². The highest BCUT2D eigenvalue weighted by molar-refractivity contribution is 6.03. The van der Waals surface area contributed by atoms with Gasteiger partial charge < -0.3 is 10.6 Å². The first-order chi connectivity index (χ1) is 19.6. The Morgan fingerprint density at radius 2 is 1.71 bits per heavy atom. The summed E-state index contributed by atoms with van der Waals surface area (Å²) in [6.45, 7) is 6.93. The van der Waals surface area contributed by atoms with Gasteiger partial charge in [0.15, 0.2) is 0 Å². The summed E-state index contributed by atoms with van der Waals surface area (Å²) in [6, 6.07) is 16.5. The summed E-state index contributed by atoms with van der Waals surface area (Å²) in [6.07, 6.45) is 5.37. The maximum absolute atomic E-state index is 14.5. The molecule has 1 aliphatic heterocycles. The number of nitrogens with zero attached hydrogens (tertiary/aromatic N) is 2. The average molecular weight is 555 g/mol. The molecule has 0 spiro atoms. The van der Waals surface area contributed by atoms with E-state index in [0.29, 0.717) is 11.3 Å². The highest BCUT2D eigenvalue weighted by Gasteiger charge is 2.35. The molecule has 210 valence electrons. The minimum Gasteiger partial charge on any atom is -0.349 e. The van der Waals surface area contributed by atoms with Crippen LogP contribution < -0.4 is 15.5 Å². The van der Waals surface area contributed by atoms with Crippen molar-refractivity contribution in [1.82, 2.24) is 15.6 Å². The number of fused-ring (bicyclic) bond motifs is 1. The zero-order chi connectivity index (χ0) is 29.1. The van der Waals surface area contributed by atoms with Crippen molar-refractivity contribution >= 4 is 33.8 Å². The summed E-state index contributed by atoms with van der Waals surface area (Å²) in [7, 11) is 0. The van der Waals surface area contributed by atoms with Gasteiger partial charge in [-0.15, -0.1) is 0 Å². The molecule has 4 aromatic rings. The van der Waals surface area contributed by atoms with Gasteiger partial charge in [-0.3, -0.25) is 19.5 Å². The molecule has 0 bridgehead atoms. The zero-order valence-electron chi connectivity index (χ0n) is 23.2. The van der Waals surface area contributed by atoms with Crippen LogP contribution in [0.3, 0.4) is 0 Å². The van der Waals surface area contributed by atoms with Gasteiger partial charge in [0.25, 0.3) is 0 Å². The number of carbonyl (C=O) groups excluding carboxylic acids is 2. The topological polar surface area (TPSA) is 74.3 Å². The molecule has 0 saturated carbocycles. The van der Waals surface area contributed by atoms with Gasteiger partial charge in [0.2, 0.25) is 11.8 Å². The molecule has 2 amide bonds. The maximum atomic E-state index is 14.5. The van der Waals surface area contributed by atoms with E-state index < -0.39 is 35.0 Å². The summed E-state index contributed by atoms with van der Waals surface area (Å²) in [5.41, 5.74) is 2.58. The van der Waals surface area contributed by atoms with E-state index in [9.17, 15) is 18.4 Å². The summed E-state index contributed by atoms with van der Waals surface area (Å²) in [4.78, 5) is 33.8. The molecule has 1 aromatic heterocycles. The van der Waals surface area contributed by atoms with Crippen molar-refractivity contribution < 1.29 is 18.4 Å². The van der Waals surface area contributed by atoms with Crippen LogP contribution in [0.4, 0.5) is 14.5 Å². The Morgan fingerprint density at radius 1 is 1.00 bits per heavy atom. The predicted octanol–water partition coefficient (Wildman–Crippen LogP) is 5.73. The molecule has 1 aliphatic rings. The molecule has 2 N–H and O–H groups in total. The van der Waals surface area contributed by atoms with Crippen LogP contribution in [0.5, 0.6) is 0 Å². The molecule has 0 aliphatic carbocycles. The SMILES string of the molecule is CC(C)(C)NC(=O)C(c1cc(F)cc(F)c1)N(C(=O)Cc1cncc2ccccc12)c1ccc(C2=CCNC2)cc1. The Labute approximate surface area is 238 Å². The van der Waals surface area contributed by atoms with Gasteiger partial charge in [-0.25, -0.2) is 8.78 Å². The average Bonchev–Trinajstić information content (AvgIpc) is 3.45. The van der Waals surface area contributed by atoms with Crippen molar-refractivity contribution in [3.05, 3.63) is 114 Å². The Morgan fingerprint density at radius 3 is 2.37 bits per heavy atom. The minimum absolute atomic E-state index is 0.0282. The van der Waals surface area contributed by atoms with Crippen LogP contribution in [0.25, 0.3) is 16.3 Å². The van der Waals surface area contributed by atoms with E-state index in [4.69, 9.17) is 0 Å². The second kappa shape index (κ2) is 11.6. The number of halogens is 2. The first kappa shape index (κ1) is 28.1. The van der Waals surface area contributed by atoms with Crippen LogP contribution in [-0.2, 0) is 16.0 Å². The third-order valence-electron chi connectivity index (χ3n) is 6.89. The van der Waals surface area contributed by atoms with E-state index in [1.54, 1.807) is 45.3 Å². The standard InChI is InChI=1S/C33H32F2N4O2/c1-33(2,3)38-32(41)31(24-14-26(34)17-27(35)15-24)39(28-10-8-21(9-11-28)22-12-13-36-18-22)30(40)16-25-20-37-19-23-6-4-5-7-29(23)25/h4-12,14-15,17,19-20,31,36H,13,16,18H2,1-3H3,(H,38,41). The number of hydrogen-bond acceptors (Lipinski definition) is 4. The molecule has 2 heterocycles. The van der Waals surface area contributed by atoms with Gasteiger partial charge >= 0.3 is 0 Å². The predicted molar refractivity (Wildman–Crippen MR) is 157 cm³/mol. The number of aromatic nitrogens is 1. The number of anilines is 1. The molecule has 41 heavy (non-hydrogen) atoms. The highest BCUT2D eigenvalue weighted by Crippen LogP contribution is 2.32. The number of pyridine rings is 1. The lowest BCUT2D eigenvalue weighted by molar-refractivity contribution is -0.127. The molecular formula is C33H32F2N4O2. The van der Waals surface area contributed by atoms with E-state index in [1.807, 2.05) is 36.4 Å². The van der Waals surface area contributed by atoms with Gasteiger partial charge in [0.05, 0.1) is 6.42 Å². The van der Waals surface area contributed by atoms with E-state index in [-0.39, 0.29) is 12.0 Å². The van der Waals surface area contributed by atoms with Crippen molar-refractivity contribution in [2.24, 2.45) is 0 Å². The third-order valence-corrected chi connectivity index (χ3v) is 6.89. The molecular weight excluding hydrogens is 522 g/mol. The third kappa shape index (κ3) is 6.49. The lowest BCUT2D eigenvalue weighted by Crippen LogP contribution is -2.50. The molecule has 1 atom stereocenters.